The van der Waals surface area contributed by atoms with Gasteiger partial charge in [0, 0.05) is 18.2 Å². The van der Waals surface area contributed by atoms with Crippen molar-refractivity contribution in [2.24, 2.45) is 0 Å². The first kappa shape index (κ1) is 15.3. The Morgan fingerprint density at radius 3 is 2.74 bits per heavy atom. The molecule has 1 aromatic rings. The van der Waals surface area contributed by atoms with Crippen LogP contribution in [0.4, 0.5) is 5.69 Å². The van der Waals surface area contributed by atoms with Gasteiger partial charge < -0.3 is 20.3 Å². The van der Waals surface area contributed by atoms with Crippen LogP contribution >= 0.6 is 0 Å². The third-order valence-electron chi connectivity index (χ3n) is 2.41. The number of anilines is 1. The minimum absolute atomic E-state index is 0.167. The van der Waals surface area contributed by atoms with E-state index in [9.17, 15) is 9.90 Å². The number of nitrogen functional groups attached to an aromatic ring is 1. The molecule has 0 atom stereocenters. The first-order valence-electron chi connectivity index (χ1n) is 6.23. The van der Waals surface area contributed by atoms with Crippen LogP contribution in [-0.2, 0) is 9.53 Å². The number of nitrogens with two attached hydrogens (primary N) is 1. The normalized spacial score (nSPS) is 11.1. The van der Waals surface area contributed by atoms with E-state index in [0.29, 0.717) is 17.9 Å². The van der Waals surface area contributed by atoms with Crippen molar-refractivity contribution in [3.8, 4) is 5.75 Å². The first-order chi connectivity index (χ1) is 8.87. The number of hydrogen-bond acceptors (Lipinski definition) is 5. The Morgan fingerprint density at radius 2 is 2.11 bits per heavy atom. The summed E-state index contributed by atoms with van der Waals surface area (Å²) in [6.45, 7) is 3.79. The lowest BCUT2D eigenvalue weighted by molar-refractivity contribution is -0.145. The van der Waals surface area contributed by atoms with E-state index in [1.807, 2.05) is 0 Å². The fraction of sp³-hybridized carbons (Fsp3) is 0.500. The molecule has 0 aliphatic carbocycles. The van der Waals surface area contributed by atoms with E-state index in [1.165, 1.54) is 0 Å². The van der Waals surface area contributed by atoms with Gasteiger partial charge in [-0.15, -0.1) is 0 Å². The van der Waals surface area contributed by atoms with E-state index in [1.54, 1.807) is 38.1 Å². The number of rotatable bonds is 7. The fourth-order valence-corrected chi connectivity index (χ4v) is 1.34. The molecule has 0 radical (unpaired) electrons. The largest absolute Gasteiger partial charge is 0.493 e. The molecule has 0 heterocycles. The van der Waals surface area contributed by atoms with E-state index < -0.39 is 5.60 Å². The minimum Gasteiger partial charge on any atom is -0.493 e. The average Bonchev–Trinajstić information content (AvgIpc) is 2.27. The van der Waals surface area contributed by atoms with Crippen LogP contribution in [0.2, 0.25) is 0 Å². The van der Waals surface area contributed by atoms with Gasteiger partial charge in [-0.2, -0.15) is 0 Å². The molecule has 3 N–H and O–H groups in total. The SMILES string of the molecule is CC(C)(O)CCOC(=O)CCOc1cccc(N)c1. The molecule has 19 heavy (non-hydrogen) atoms. The lowest BCUT2D eigenvalue weighted by Gasteiger charge is -2.16. The fourth-order valence-electron chi connectivity index (χ4n) is 1.34. The van der Waals surface area contributed by atoms with Gasteiger partial charge in [0.2, 0.25) is 0 Å². The standard InChI is InChI=1S/C14H21NO4/c1-14(2,17)7-9-19-13(16)6-8-18-12-5-3-4-11(15)10-12/h3-5,10,17H,6-9,15H2,1-2H3. The maximum Gasteiger partial charge on any atom is 0.309 e. The quantitative estimate of drug-likeness (QED) is 0.581. The van der Waals surface area contributed by atoms with Gasteiger partial charge in [0.1, 0.15) is 5.75 Å². The Hall–Kier alpha value is -1.75. The first-order valence-corrected chi connectivity index (χ1v) is 6.23. The maximum absolute atomic E-state index is 11.4. The summed E-state index contributed by atoms with van der Waals surface area (Å²) in [6.07, 6.45) is 0.579. The minimum atomic E-state index is -0.821. The topological polar surface area (TPSA) is 81.8 Å². The van der Waals surface area contributed by atoms with Gasteiger partial charge in [0.05, 0.1) is 25.2 Å². The van der Waals surface area contributed by atoms with Crippen molar-refractivity contribution in [3.05, 3.63) is 24.3 Å². The summed E-state index contributed by atoms with van der Waals surface area (Å²) in [5.41, 5.74) is 5.40. The summed E-state index contributed by atoms with van der Waals surface area (Å²) in [4.78, 5) is 11.4. The van der Waals surface area contributed by atoms with Gasteiger partial charge in [-0.05, 0) is 26.0 Å². The molecule has 0 aliphatic rings. The van der Waals surface area contributed by atoms with Crippen LogP contribution in [0.3, 0.4) is 0 Å². The highest BCUT2D eigenvalue weighted by Gasteiger charge is 2.13. The summed E-state index contributed by atoms with van der Waals surface area (Å²) in [5, 5.41) is 9.45. The molecule has 0 saturated carbocycles. The van der Waals surface area contributed by atoms with E-state index in [-0.39, 0.29) is 25.6 Å². The smallest absolute Gasteiger partial charge is 0.309 e. The van der Waals surface area contributed by atoms with E-state index >= 15 is 0 Å². The highest BCUT2D eigenvalue weighted by molar-refractivity contribution is 5.69. The molecule has 0 aliphatic heterocycles. The van der Waals surface area contributed by atoms with Crippen molar-refractivity contribution < 1.29 is 19.4 Å². The number of benzene rings is 1. The zero-order chi connectivity index (χ0) is 14.3. The molecule has 1 rings (SSSR count). The summed E-state index contributed by atoms with van der Waals surface area (Å²) >= 11 is 0. The lowest BCUT2D eigenvalue weighted by atomic mass is 10.1. The zero-order valence-corrected chi connectivity index (χ0v) is 11.4. The third kappa shape index (κ3) is 7.31. The van der Waals surface area contributed by atoms with Crippen LogP contribution in [0.15, 0.2) is 24.3 Å². The van der Waals surface area contributed by atoms with Crippen molar-refractivity contribution in [3.63, 3.8) is 0 Å². The van der Waals surface area contributed by atoms with Gasteiger partial charge in [-0.3, -0.25) is 4.79 Å². The van der Waals surface area contributed by atoms with Crippen molar-refractivity contribution in [1.82, 2.24) is 0 Å². The van der Waals surface area contributed by atoms with Gasteiger partial charge in [0.15, 0.2) is 0 Å². The predicted molar refractivity (Wildman–Crippen MR) is 72.8 cm³/mol. The number of carbonyl (C=O) groups is 1. The molecule has 5 nitrogen and oxygen atoms in total. The Kier molecular flexibility index (Phi) is 5.63. The summed E-state index contributed by atoms with van der Waals surface area (Å²) in [5.74, 6) is 0.289. The summed E-state index contributed by atoms with van der Waals surface area (Å²) < 4.78 is 10.4. The number of carbonyl (C=O) groups excluding carboxylic acids is 1. The molecule has 0 bridgehead atoms. The molecular weight excluding hydrogens is 246 g/mol. The van der Waals surface area contributed by atoms with Crippen LogP contribution in [0.25, 0.3) is 0 Å². The molecule has 0 unspecified atom stereocenters. The van der Waals surface area contributed by atoms with E-state index in [4.69, 9.17) is 15.2 Å². The third-order valence-corrected chi connectivity index (χ3v) is 2.41. The van der Waals surface area contributed by atoms with Crippen LogP contribution in [0.1, 0.15) is 26.7 Å². The van der Waals surface area contributed by atoms with Gasteiger partial charge >= 0.3 is 5.97 Å². The summed E-state index contributed by atoms with van der Waals surface area (Å²) in [6, 6.07) is 7.01. The molecule has 0 amide bonds. The van der Waals surface area contributed by atoms with Crippen molar-refractivity contribution in [1.29, 1.82) is 0 Å². The van der Waals surface area contributed by atoms with Crippen molar-refractivity contribution >= 4 is 11.7 Å². The average molecular weight is 267 g/mol. The Balaban J connectivity index is 2.17. The van der Waals surface area contributed by atoms with Gasteiger partial charge in [-0.25, -0.2) is 0 Å². The molecule has 0 spiro atoms. The number of esters is 1. The molecule has 0 fully saturated rings. The second-order valence-corrected chi connectivity index (χ2v) is 4.95. The van der Waals surface area contributed by atoms with Crippen LogP contribution < -0.4 is 10.5 Å². The van der Waals surface area contributed by atoms with Gasteiger partial charge in [-0.1, -0.05) is 6.07 Å². The summed E-state index contributed by atoms with van der Waals surface area (Å²) in [7, 11) is 0. The number of hydrogen-bond donors (Lipinski definition) is 2. The van der Waals surface area contributed by atoms with Crippen LogP contribution in [0, 0.1) is 0 Å². The second kappa shape index (κ2) is 6.99. The monoisotopic (exact) mass is 267 g/mol. The maximum atomic E-state index is 11.4. The Labute approximate surface area is 113 Å². The van der Waals surface area contributed by atoms with Crippen molar-refractivity contribution in [2.45, 2.75) is 32.3 Å². The molecular formula is C14H21NO4. The zero-order valence-electron chi connectivity index (χ0n) is 11.4. The second-order valence-electron chi connectivity index (χ2n) is 4.95. The number of ether oxygens (including phenoxy) is 2. The number of aliphatic hydroxyl groups is 1. The molecule has 5 heteroatoms. The molecule has 106 valence electrons. The molecule has 0 saturated heterocycles. The van der Waals surface area contributed by atoms with E-state index in [2.05, 4.69) is 0 Å². The highest BCUT2D eigenvalue weighted by Crippen LogP contribution is 2.14. The van der Waals surface area contributed by atoms with E-state index in [0.717, 1.165) is 0 Å². The van der Waals surface area contributed by atoms with Crippen molar-refractivity contribution in [2.75, 3.05) is 18.9 Å². The van der Waals surface area contributed by atoms with Crippen LogP contribution in [0.5, 0.6) is 5.75 Å². The molecule has 1 aromatic carbocycles. The highest BCUT2D eigenvalue weighted by atomic mass is 16.5. The predicted octanol–water partition coefficient (Wildman–Crippen LogP) is 1.74. The Bertz CT molecular complexity index is 412. The van der Waals surface area contributed by atoms with Crippen LogP contribution in [-0.4, -0.2) is 29.9 Å². The van der Waals surface area contributed by atoms with Gasteiger partial charge in [0.25, 0.3) is 0 Å². The molecule has 0 aromatic heterocycles. The lowest BCUT2D eigenvalue weighted by Crippen LogP contribution is -2.22. The Morgan fingerprint density at radius 1 is 1.37 bits per heavy atom.